The van der Waals surface area contributed by atoms with Gasteiger partial charge < -0.3 is 14.2 Å². The molecular weight excluding hydrogens is 390 g/mol. The van der Waals surface area contributed by atoms with Crippen LogP contribution in [0.2, 0.25) is 0 Å². The molecule has 0 saturated carbocycles. The van der Waals surface area contributed by atoms with E-state index in [0.29, 0.717) is 29.6 Å². The molecule has 7 nitrogen and oxygen atoms in total. The molecule has 1 aromatic carbocycles. The minimum absolute atomic E-state index is 0.362. The fourth-order valence-corrected chi connectivity index (χ4v) is 4.34. The van der Waals surface area contributed by atoms with Gasteiger partial charge >= 0.3 is 5.97 Å². The topological polar surface area (TPSA) is 73.8 Å². The zero-order valence-electron chi connectivity index (χ0n) is 16.7. The molecule has 0 spiro atoms. The fourth-order valence-electron chi connectivity index (χ4n) is 3.30. The summed E-state index contributed by atoms with van der Waals surface area (Å²) >= 11 is 1.63. The maximum Gasteiger partial charge on any atom is 0.341 e. The van der Waals surface area contributed by atoms with Crippen LogP contribution in [0.1, 0.15) is 26.6 Å². The molecule has 1 aliphatic rings. The van der Waals surface area contributed by atoms with Crippen LogP contribution >= 0.6 is 11.3 Å². The number of fused-ring (bicyclic) bond motifs is 1. The lowest BCUT2D eigenvalue weighted by Gasteiger charge is -2.25. The first-order valence-electron chi connectivity index (χ1n) is 9.48. The number of benzene rings is 1. The van der Waals surface area contributed by atoms with Crippen molar-refractivity contribution < 1.29 is 19.0 Å². The Kier molecular flexibility index (Phi) is 5.75. The molecule has 1 saturated heterocycles. The van der Waals surface area contributed by atoms with Crippen LogP contribution in [-0.4, -0.2) is 54.3 Å². The van der Waals surface area contributed by atoms with E-state index in [0.717, 1.165) is 42.1 Å². The molecule has 2 aromatic heterocycles. The Morgan fingerprint density at radius 3 is 2.72 bits per heavy atom. The Labute approximate surface area is 173 Å². The summed E-state index contributed by atoms with van der Waals surface area (Å²) in [6.45, 7) is 7.87. The predicted octanol–water partition coefficient (Wildman–Crippen LogP) is 3.72. The first kappa shape index (κ1) is 19.8. The minimum atomic E-state index is -0.447. The van der Waals surface area contributed by atoms with E-state index < -0.39 is 5.97 Å². The molecule has 0 N–H and O–H groups in total. The Hall–Kier alpha value is -2.55. The molecule has 3 heterocycles. The molecule has 0 aliphatic carbocycles. The second-order valence-electron chi connectivity index (χ2n) is 6.89. The van der Waals surface area contributed by atoms with E-state index in [1.54, 1.807) is 29.5 Å². The van der Waals surface area contributed by atoms with Gasteiger partial charge in [0.05, 0.1) is 32.3 Å². The van der Waals surface area contributed by atoms with Gasteiger partial charge in [-0.05, 0) is 31.5 Å². The summed E-state index contributed by atoms with van der Waals surface area (Å²) in [5, 5.41) is 0.887. The van der Waals surface area contributed by atoms with Crippen molar-refractivity contribution >= 4 is 27.5 Å². The number of methoxy groups -OCH3 is 1. The van der Waals surface area contributed by atoms with Gasteiger partial charge in [-0.2, -0.15) is 4.98 Å². The van der Waals surface area contributed by atoms with Gasteiger partial charge in [-0.25, -0.2) is 9.78 Å². The van der Waals surface area contributed by atoms with Crippen LogP contribution in [0.15, 0.2) is 24.3 Å². The molecule has 0 bridgehead atoms. The lowest BCUT2D eigenvalue weighted by molar-refractivity contribution is 0.0330. The lowest BCUT2D eigenvalue weighted by Crippen LogP contribution is -2.36. The summed E-state index contributed by atoms with van der Waals surface area (Å²) < 4.78 is 16.5. The second-order valence-corrected chi connectivity index (χ2v) is 8.09. The number of esters is 1. The molecule has 1 aliphatic heterocycles. The molecule has 29 heavy (non-hydrogen) atoms. The normalized spacial score (nSPS) is 14.9. The van der Waals surface area contributed by atoms with Gasteiger partial charge in [-0.1, -0.05) is 12.1 Å². The largest absolute Gasteiger partial charge is 0.465 e. The Bertz CT molecular complexity index is 1040. The highest BCUT2D eigenvalue weighted by Gasteiger charge is 2.21. The lowest BCUT2D eigenvalue weighted by atomic mass is 10.2. The Morgan fingerprint density at radius 1 is 1.21 bits per heavy atom. The highest BCUT2D eigenvalue weighted by molar-refractivity contribution is 7.18. The van der Waals surface area contributed by atoms with Crippen molar-refractivity contribution in [1.29, 1.82) is 0 Å². The number of aromatic nitrogens is 2. The zero-order valence-corrected chi connectivity index (χ0v) is 17.5. The van der Waals surface area contributed by atoms with Gasteiger partial charge in [0.25, 0.3) is 0 Å². The van der Waals surface area contributed by atoms with Gasteiger partial charge in [0.15, 0.2) is 0 Å². The van der Waals surface area contributed by atoms with Gasteiger partial charge in [0, 0.05) is 18.0 Å². The molecule has 0 atom stereocenters. The smallest absolute Gasteiger partial charge is 0.341 e. The van der Waals surface area contributed by atoms with Gasteiger partial charge in [0.1, 0.15) is 22.0 Å². The molecule has 0 radical (unpaired) electrons. The van der Waals surface area contributed by atoms with Gasteiger partial charge in [-0.15, -0.1) is 11.3 Å². The maximum atomic E-state index is 12.1. The number of thiophene rings is 1. The standard InChI is InChI=1S/C21H23N3O4S/c1-13-14(2)29-20-18(13)19(22-17(23-20)12-24-8-10-27-11-9-24)28-16-7-5-4-6-15(16)21(25)26-3/h4-7H,8-12H2,1-3H3. The Balaban J connectivity index is 1.75. The van der Waals surface area contributed by atoms with E-state index >= 15 is 0 Å². The first-order chi connectivity index (χ1) is 14.1. The molecular formula is C21H23N3O4S. The fraction of sp³-hybridized carbons (Fsp3) is 0.381. The maximum absolute atomic E-state index is 12.1. The van der Waals surface area contributed by atoms with Crippen molar-refractivity contribution in [3.8, 4) is 11.6 Å². The summed E-state index contributed by atoms with van der Waals surface area (Å²) in [7, 11) is 1.36. The van der Waals surface area contributed by atoms with Gasteiger partial charge in [0.2, 0.25) is 5.88 Å². The molecule has 0 amide bonds. The van der Waals surface area contributed by atoms with E-state index in [9.17, 15) is 4.79 Å². The number of nitrogens with zero attached hydrogens (tertiary/aromatic N) is 3. The third-order valence-electron chi connectivity index (χ3n) is 5.01. The van der Waals surface area contributed by atoms with E-state index in [2.05, 4.69) is 11.8 Å². The summed E-state index contributed by atoms with van der Waals surface area (Å²) in [6, 6.07) is 7.02. The van der Waals surface area contributed by atoms with Crippen LogP contribution in [0.25, 0.3) is 10.2 Å². The highest BCUT2D eigenvalue weighted by atomic mass is 32.1. The number of ether oxygens (including phenoxy) is 3. The van der Waals surface area contributed by atoms with Crippen LogP contribution in [0, 0.1) is 13.8 Å². The van der Waals surface area contributed by atoms with Crippen molar-refractivity contribution in [2.45, 2.75) is 20.4 Å². The quantitative estimate of drug-likeness (QED) is 0.590. The molecule has 1 fully saturated rings. The molecule has 8 heteroatoms. The number of morpholine rings is 1. The third-order valence-corrected chi connectivity index (χ3v) is 6.11. The number of aryl methyl sites for hydroxylation is 2. The second kappa shape index (κ2) is 8.44. The summed E-state index contributed by atoms with van der Waals surface area (Å²) in [6.07, 6.45) is 0. The third kappa shape index (κ3) is 4.10. The molecule has 0 unspecified atom stereocenters. The van der Waals surface area contributed by atoms with E-state index in [-0.39, 0.29) is 0 Å². The van der Waals surface area contributed by atoms with Crippen molar-refractivity contribution in [2.75, 3.05) is 33.4 Å². The summed E-state index contributed by atoms with van der Waals surface area (Å²) in [4.78, 5) is 26.0. The number of para-hydroxylation sites is 1. The Morgan fingerprint density at radius 2 is 1.97 bits per heavy atom. The zero-order chi connectivity index (χ0) is 20.4. The van der Waals surface area contributed by atoms with Crippen LogP contribution < -0.4 is 4.74 Å². The van der Waals surface area contributed by atoms with Crippen molar-refractivity contribution in [3.63, 3.8) is 0 Å². The van der Waals surface area contributed by atoms with Crippen LogP contribution in [-0.2, 0) is 16.0 Å². The number of carbonyl (C=O) groups is 1. The molecule has 4 rings (SSSR count). The van der Waals surface area contributed by atoms with Crippen molar-refractivity contribution in [1.82, 2.24) is 14.9 Å². The minimum Gasteiger partial charge on any atom is -0.465 e. The summed E-state index contributed by atoms with van der Waals surface area (Å²) in [5.74, 6) is 1.14. The number of hydrogen-bond donors (Lipinski definition) is 0. The van der Waals surface area contributed by atoms with Crippen LogP contribution in [0.5, 0.6) is 11.6 Å². The van der Waals surface area contributed by atoms with E-state index in [4.69, 9.17) is 24.2 Å². The highest BCUT2D eigenvalue weighted by Crippen LogP contribution is 2.37. The van der Waals surface area contributed by atoms with Crippen LogP contribution in [0.4, 0.5) is 0 Å². The molecule has 3 aromatic rings. The SMILES string of the molecule is COC(=O)c1ccccc1Oc1nc(CN2CCOCC2)nc2sc(C)c(C)c12. The van der Waals surface area contributed by atoms with Crippen LogP contribution in [0.3, 0.4) is 0 Å². The van der Waals surface area contributed by atoms with E-state index in [1.165, 1.54) is 12.0 Å². The van der Waals surface area contributed by atoms with E-state index in [1.807, 2.05) is 13.0 Å². The number of rotatable bonds is 5. The average Bonchev–Trinajstić information content (AvgIpc) is 3.02. The van der Waals surface area contributed by atoms with Gasteiger partial charge in [-0.3, -0.25) is 4.90 Å². The van der Waals surface area contributed by atoms with Crippen molar-refractivity contribution in [3.05, 3.63) is 46.1 Å². The van der Waals surface area contributed by atoms with Crippen molar-refractivity contribution in [2.24, 2.45) is 0 Å². The first-order valence-corrected chi connectivity index (χ1v) is 10.3. The average molecular weight is 413 g/mol. The monoisotopic (exact) mass is 413 g/mol. The number of hydrogen-bond acceptors (Lipinski definition) is 8. The summed E-state index contributed by atoms with van der Waals surface area (Å²) in [5.41, 5.74) is 1.45. The predicted molar refractivity (Wildman–Crippen MR) is 111 cm³/mol. The molecule has 152 valence electrons. The number of carbonyl (C=O) groups excluding carboxylic acids is 1.